The molecule has 0 amide bonds. The molecule has 0 aromatic heterocycles. The molecule has 0 spiro atoms. The van der Waals surface area contributed by atoms with Crippen molar-refractivity contribution in [1.82, 2.24) is 5.32 Å². The third-order valence-corrected chi connectivity index (χ3v) is 4.77. The van der Waals surface area contributed by atoms with Gasteiger partial charge in [0.1, 0.15) is 0 Å². The Balaban J connectivity index is 2.11. The Hall–Kier alpha value is -0.820. The highest BCUT2D eigenvalue weighted by atomic mass is 14.8. The van der Waals surface area contributed by atoms with Crippen LogP contribution >= 0.6 is 0 Å². The summed E-state index contributed by atoms with van der Waals surface area (Å²) in [5.41, 5.74) is 4.45. The number of rotatable bonds is 4. The molecular formula is C18H29N. The molecule has 1 nitrogen and oxygen atoms in total. The van der Waals surface area contributed by atoms with Crippen LogP contribution < -0.4 is 5.32 Å². The summed E-state index contributed by atoms with van der Waals surface area (Å²) in [5, 5.41) is 3.41. The van der Waals surface area contributed by atoms with Gasteiger partial charge in [-0.3, -0.25) is 0 Å². The average molecular weight is 259 g/mol. The molecule has 2 rings (SSSR count). The van der Waals surface area contributed by atoms with Crippen molar-refractivity contribution in [2.45, 2.75) is 52.4 Å². The van der Waals surface area contributed by atoms with Crippen LogP contribution in [-0.2, 0) is 6.42 Å². The van der Waals surface area contributed by atoms with Gasteiger partial charge in [0, 0.05) is 0 Å². The summed E-state index contributed by atoms with van der Waals surface area (Å²) in [5.74, 6) is 1.74. The zero-order valence-electron chi connectivity index (χ0n) is 12.8. The number of aryl methyl sites for hydroxylation is 2. The largest absolute Gasteiger partial charge is 0.319 e. The molecule has 1 aromatic rings. The van der Waals surface area contributed by atoms with Gasteiger partial charge in [-0.25, -0.2) is 0 Å². The Kier molecular flexibility index (Phi) is 5.45. The molecule has 1 saturated carbocycles. The number of hydrogen-bond acceptors (Lipinski definition) is 1. The zero-order chi connectivity index (χ0) is 13.7. The van der Waals surface area contributed by atoms with Gasteiger partial charge >= 0.3 is 0 Å². The molecule has 2 atom stereocenters. The molecule has 1 fully saturated rings. The smallest absolute Gasteiger partial charge is 0.00208 e. The standard InChI is InChI=1S/C18H29N/c1-14-9-10-15(2)18(11-14)12-16-7-5-4-6-8-17(16)13-19-3/h9-11,16-17,19H,4-8,12-13H2,1-3H3. The van der Waals surface area contributed by atoms with Crippen LogP contribution in [0.15, 0.2) is 18.2 Å². The minimum atomic E-state index is 0.868. The molecule has 106 valence electrons. The average Bonchev–Trinajstić information content (AvgIpc) is 2.60. The van der Waals surface area contributed by atoms with Crippen LogP contribution in [0.2, 0.25) is 0 Å². The van der Waals surface area contributed by atoms with E-state index >= 15 is 0 Å². The van der Waals surface area contributed by atoms with E-state index in [2.05, 4.69) is 44.4 Å². The van der Waals surface area contributed by atoms with Gasteiger partial charge in [-0.2, -0.15) is 0 Å². The molecule has 0 radical (unpaired) electrons. The van der Waals surface area contributed by atoms with Crippen LogP contribution in [-0.4, -0.2) is 13.6 Å². The number of nitrogens with one attached hydrogen (secondary N) is 1. The second kappa shape index (κ2) is 7.09. The zero-order valence-corrected chi connectivity index (χ0v) is 12.8. The maximum Gasteiger partial charge on any atom is -0.00208 e. The van der Waals surface area contributed by atoms with E-state index < -0.39 is 0 Å². The molecule has 1 N–H and O–H groups in total. The summed E-state index contributed by atoms with van der Waals surface area (Å²) in [6, 6.07) is 6.92. The van der Waals surface area contributed by atoms with Crippen molar-refractivity contribution in [2.24, 2.45) is 11.8 Å². The Labute approximate surface area is 118 Å². The van der Waals surface area contributed by atoms with Gasteiger partial charge in [0.15, 0.2) is 0 Å². The van der Waals surface area contributed by atoms with Gasteiger partial charge in [-0.05, 0) is 69.7 Å². The fraction of sp³-hybridized carbons (Fsp3) is 0.667. The quantitative estimate of drug-likeness (QED) is 0.797. The van der Waals surface area contributed by atoms with E-state index in [0.29, 0.717) is 0 Å². The van der Waals surface area contributed by atoms with Crippen LogP contribution in [0.1, 0.15) is 48.8 Å². The normalized spacial score (nSPS) is 24.2. The van der Waals surface area contributed by atoms with Crippen LogP contribution in [0.25, 0.3) is 0 Å². The van der Waals surface area contributed by atoms with Gasteiger partial charge in [0.25, 0.3) is 0 Å². The molecular weight excluding hydrogens is 230 g/mol. The van der Waals surface area contributed by atoms with Gasteiger partial charge in [-0.1, -0.05) is 43.0 Å². The topological polar surface area (TPSA) is 12.0 Å². The second-order valence-corrected chi connectivity index (χ2v) is 6.35. The van der Waals surface area contributed by atoms with E-state index in [1.54, 1.807) is 5.56 Å². The lowest BCUT2D eigenvalue weighted by Gasteiger charge is -2.26. The molecule has 0 aliphatic heterocycles. The lowest BCUT2D eigenvalue weighted by atomic mass is 9.82. The van der Waals surface area contributed by atoms with Gasteiger partial charge in [0.05, 0.1) is 0 Å². The lowest BCUT2D eigenvalue weighted by Crippen LogP contribution is -2.26. The van der Waals surface area contributed by atoms with Crippen LogP contribution in [0.5, 0.6) is 0 Å². The molecule has 19 heavy (non-hydrogen) atoms. The van der Waals surface area contributed by atoms with Gasteiger partial charge < -0.3 is 5.32 Å². The van der Waals surface area contributed by atoms with Crippen molar-refractivity contribution >= 4 is 0 Å². The summed E-state index contributed by atoms with van der Waals surface area (Å²) >= 11 is 0. The lowest BCUT2D eigenvalue weighted by molar-refractivity contribution is 0.303. The summed E-state index contributed by atoms with van der Waals surface area (Å²) in [4.78, 5) is 0. The summed E-state index contributed by atoms with van der Waals surface area (Å²) in [7, 11) is 2.10. The van der Waals surface area contributed by atoms with Crippen LogP contribution in [0, 0.1) is 25.7 Å². The maximum absolute atomic E-state index is 3.41. The van der Waals surface area contributed by atoms with Crippen molar-refractivity contribution in [3.05, 3.63) is 34.9 Å². The summed E-state index contributed by atoms with van der Waals surface area (Å²) in [6.45, 7) is 5.66. The van der Waals surface area contributed by atoms with Crippen molar-refractivity contribution in [2.75, 3.05) is 13.6 Å². The minimum Gasteiger partial charge on any atom is -0.319 e. The minimum absolute atomic E-state index is 0.868. The third-order valence-electron chi connectivity index (χ3n) is 4.77. The fourth-order valence-corrected chi connectivity index (χ4v) is 3.56. The molecule has 0 heterocycles. The Bertz CT molecular complexity index is 397. The first-order valence-electron chi connectivity index (χ1n) is 7.91. The molecule has 2 unspecified atom stereocenters. The number of benzene rings is 1. The van der Waals surface area contributed by atoms with Crippen LogP contribution in [0.4, 0.5) is 0 Å². The first-order chi connectivity index (χ1) is 9.20. The SMILES string of the molecule is CNCC1CCCCCC1Cc1cc(C)ccc1C. The molecule has 1 aliphatic carbocycles. The first kappa shape index (κ1) is 14.6. The van der Waals surface area contributed by atoms with Crippen molar-refractivity contribution < 1.29 is 0 Å². The third kappa shape index (κ3) is 4.07. The van der Waals surface area contributed by atoms with Crippen molar-refractivity contribution in [3.63, 3.8) is 0 Å². The van der Waals surface area contributed by atoms with E-state index in [1.807, 2.05) is 0 Å². The van der Waals surface area contributed by atoms with Crippen molar-refractivity contribution in [3.8, 4) is 0 Å². The predicted molar refractivity (Wildman–Crippen MR) is 83.6 cm³/mol. The van der Waals surface area contributed by atoms with E-state index in [9.17, 15) is 0 Å². The van der Waals surface area contributed by atoms with Crippen LogP contribution in [0.3, 0.4) is 0 Å². The number of hydrogen-bond donors (Lipinski definition) is 1. The fourth-order valence-electron chi connectivity index (χ4n) is 3.56. The molecule has 0 bridgehead atoms. The van der Waals surface area contributed by atoms with E-state index in [1.165, 1.54) is 56.2 Å². The highest BCUT2D eigenvalue weighted by molar-refractivity contribution is 5.30. The monoisotopic (exact) mass is 259 g/mol. The molecule has 1 aromatic carbocycles. The summed E-state index contributed by atoms with van der Waals surface area (Å²) in [6.07, 6.45) is 8.39. The first-order valence-corrected chi connectivity index (χ1v) is 7.91. The van der Waals surface area contributed by atoms with E-state index in [-0.39, 0.29) is 0 Å². The molecule has 0 saturated heterocycles. The second-order valence-electron chi connectivity index (χ2n) is 6.35. The van der Waals surface area contributed by atoms with Crippen molar-refractivity contribution in [1.29, 1.82) is 0 Å². The Morgan fingerprint density at radius 3 is 2.53 bits per heavy atom. The van der Waals surface area contributed by atoms with E-state index in [4.69, 9.17) is 0 Å². The predicted octanol–water partition coefficient (Wildman–Crippen LogP) is 4.26. The molecule has 1 aliphatic rings. The van der Waals surface area contributed by atoms with E-state index in [0.717, 1.165) is 11.8 Å². The maximum atomic E-state index is 3.41. The van der Waals surface area contributed by atoms with Gasteiger partial charge in [0.2, 0.25) is 0 Å². The molecule has 1 heteroatoms. The Morgan fingerprint density at radius 2 is 1.79 bits per heavy atom. The Morgan fingerprint density at radius 1 is 1.05 bits per heavy atom. The van der Waals surface area contributed by atoms with Gasteiger partial charge in [-0.15, -0.1) is 0 Å². The highest BCUT2D eigenvalue weighted by Gasteiger charge is 2.23. The highest BCUT2D eigenvalue weighted by Crippen LogP contribution is 2.32. The summed E-state index contributed by atoms with van der Waals surface area (Å²) < 4.78 is 0.